The van der Waals surface area contributed by atoms with Gasteiger partial charge in [-0.25, -0.2) is 9.59 Å². The quantitative estimate of drug-likeness (QED) is 0.330. The average Bonchev–Trinajstić information content (AvgIpc) is 3.17. The molecule has 1 heterocycles. The molecule has 154 valence electrons. The Labute approximate surface area is 170 Å². The summed E-state index contributed by atoms with van der Waals surface area (Å²) in [4.78, 5) is 35.2. The second-order valence-electron chi connectivity index (χ2n) is 5.87. The first kappa shape index (κ1) is 20.5. The van der Waals surface area contributed by atoms with E-state index in [2.05, 4.69) is 5.10 Å². The molecule has 0 atom stereocenters. The van der Waals surface area contributed by atoms with E-state index < -0.39 is 16.9 Å². The predicted octanol–water partition coefficient (Wildman–Crippen LogP) is 3.19. The van der Waals surface area contributed by atoms with Gasteiger partial charge in [0.2, 0.25) is 5.88 Å². The van der Waals surface area contributed by atoms with Gasteiger partial charge in [0.25, 0.3) is 0 Å². The number of rotatable bonds is 7. The monoisotopic (exact) mass is 411 g/mol. The van der Waals surface area contributed by atoms with Crippen molar-refractivity contribution in [3.63, 3.8) is 0 Å². The number of nitro groups is 1. The molecular weight excluding hydrogens is 394 g/mol. The molecule has 0 unspecified atom stereocenters. The Bertz CT molecular complexity index is 1090. The minimum atomic E-state index is -0.867. The summed E-state index contributed by atoms with van der Waals surface area (Å²) in [5.41, 5.74) is 0.0394. The third-order valence-corrected chi connectivity index (χ3v) is 3.97. The highest BCUT2D eigenvalue weighted by atomic mass is 16.6. The first-order chi connectivity index (χ1) is 14.4. The van der Waals surface area contributed by atoms with Crippen LogP contribution in [0.4, 0.5) is 5.69 Å². The van der Waals surface area contributed by atoms with E-state index in [1.165, 1.54) is 30.0 Å². The fourth-order valence-corrected chi connectivity index (χ4v) is 2.61. The van der Waals surface area contributed by atoms with Gasteiger partial charge in [-0.1, -0.05) is 18.2 Å². The van der Waals surface area contributed by atoms with E-state index in [9.17, 15) is 19.7 Å². The standard InChI is InChI=1S/C20H17N3O7/c1-3-29-20(25)15-12-18(22(21-15)14-7-5-4-6-8-14)30-19(24)13-9-10-17(28-2)16(11-13)23(26)27/h4-12H,3H2,1-2H3. The molecule has 2 aromatic carbocycles. The zero-order chi connectivity index (χ0) is 21.7. The van der Waals surface area contributed by atoms with E-state index in [0.717, 1.165) is 6.07 Å². The fraction of sp³-hybridized carbons (Fsp3) is 0.150. The number of benzene rings is 2. The van der Waals surface area contributed by atoms with Gasteiger partial charge >= 0.3 is 17.6 Å². The molecule has 0 spiro atoms. The van der Waals surface area contributed by atoms with Gasteiger partial charge in [-0.3, -0.25) is 10.1 Å². The summed E-state index contributed by atoms with van der Waals surface area (Å²) in [6, 6.07) is 13.7. The van der Waals surface area contributed by atoms with Crippen LogP contribution in [-0.2, 0) is 4.74 Å². The fourth-order valence-electron chi connectivity index (χ4n) is 2.61. The molecule has 0 fully saturated rings. The number of methoxy groups -OCH3 is 1. The van der Waals surface area contributed by atoms with Gasteiger partial charge in [0, 0.05) is 12.1 Å². The molecule has 0 saturated carbocycles. The van der Waals surface area contributed by atoms with Crippen molar-refractivity contribution in [1.29, 1.82) is 0 Å². The van der Waals surface area contributed by atoms with Crippen LogP contribution in [0.5, 0.6) is 11.6 Å². The summed E-state index contributed by atoms with van der Waals surface area (Å²) >= 11 is 0. The molecule has 3 aromatic rings. The number of ether oxygens (including phenoxy) is 3. The Kier molecular flexibility index (Phi) is 6.06. The van der Waals surface area contributed by atoms with E-state index in [1.54, 1.807) is 37.3 Å². The second kappa shape index (κ2) is 8.86. The lowest BCUT2D eigenvalue weighted by Gasteiger charge is -2.08. The molecule has 0 bridgehead atoms. The molecule has 10 nitrogen and oxygen atoms in total. The normalized spacial score (nSPS) is 10.3. The zero-order valence-electron chi connectivity index (χ0n) is 16.1. The maximum absolute atomic E-state index is 12.6. The van der Waals surface area contributed by atoms with Crippen LogP contribution < -0.4 is 9.47 Å². The minimum absolute atomic E-state index is 0.00970. The van der Waals surface area contributed by atoms with Gasteiger partial charge < -0.3 is 14.2 Å². The van der Waals surface area contributed by atoms with E-state index in [0.29, 0.717) is 5.69 Å². The lowest BCUT2D eigenvalue weighted by Crippen LogP contribution is -2.12. The van der Waals surface area contributed by atoms with Crippen molar-refractivity contribution in [1.82, 2.24) is 9.78 Å². The lowest BCUT2D eigenvalue weighted by molar-refractivity contribution is -0.385. The van der Waals surface area contributed by atoms with E-state index in [4.69, 9.17) is 14.2 Å². The van der Waals surface area contributed by atoms with Crippen LogP contribution in [0.15, 0.2) is 54.6 Å². The number of esters is 2. The maximum Gasteiger partial charge on any atom is 0.358 e. The lowest BCUT2D eigenvalue weighted by atomic mass is 10.2. The highest BCUT2D eigenvalue weighted by molar-refractivity contribution is 5.93. The van der Waals surface area contributed by atoms with Crippen LogP contribution in [0, 0.1) is 10.1 Å². The summed E-state index contributed by atoms with van der Waals surface area (Å²) in [6.07, 6.45) is 0. The molecule has 0 aliphatic carbocycles. The van der Waals surface area contributed by atoms with Crippen LogP contribution in [0.1, 0.15) is 27.8 Å². The van der Waals surface area contributed by atoms with Gasteiger partial charge in [-0.15, -0.1) is 0 Å². The minimum Gasteiger partial charge on any atom is -0.490 e. The summed E-state index contributed by atoms with van der Waals surface area (Å²) in [5, 5.41) is 15.4. The van der Waals surface area contributed by atoms with Gasteiger partial charge in [-0.2, -0.15) is 9.78 Å². The van der Waals surface area contributed by atoms with Crippen molar-refractivity contribution in [3.8, 4) is 17.3 Å². The van der Waals surface area contributed by atoms with E-state index in [-0.39, 0.29) is 35.2 Å². The Morgan fingerprint density at radius 3 is 2.47 bits per heavy atom. The van der Waals surface area contributed by atoms with Crippen LogP contribution in [0.3, 0.4) is 0 Å². The first-order valence-corrected chi connectivity index (χ1v) is 8.81. The molecule has 0 radical (unpaired) electrons. The summed E-state index contributed by atoms with van der Waals surface area (Å²) in [5.74, 6) is -1.58. The predicted molar refractivity (Wildman–Crippen MR) is 104 cm³/mol. The molecule has 3 rings (SSSR count). The number of carbonyl (C=O) groups is 2. The van der Waals surface area contributed by atoms with Crippen molar-refractivity contribution in [2.45, 2.75) is 6.92 Å². The molecule has 10 heteroatoms. The largest absolute Gasteiger partial charge is 0.490 e. The first-order valence-electron chi connectivity index (χ1n) is 8.81. The number of hydrogen-bond donors (Lipinski definition) is 0. The van der Waals surface area contributed by atoms with E-state index >= 15 is 0 Å². The number of nitro benzene ring substituents is 1. The highest BCUT2D eigenvalue weighted by Crippen LogP contribution is 2.28. The molecule has 0 saturated heterocycles. The Hall–Kier alpha value is -4.21. The van der Waals surface area contributed by atoms with Crippen molar-refractivity contribution in [2.24, 2.45) is 0 Å². The third kappa shape index (κ3) is 4.27. The van der Waals surface area contributed by atoms with Crippen molar-refractivity contribution < 1.29 is 28.7 Å². The van der Waals surface area contributed by atoms with Gasteiger partial charge in [-0.05, 0) is 31.2 Å². The third-order valence-electron chi connectivity index (χ3n) is 3.97. The van der Waals surface area contributed by atoms with Gasteiger partial charge in [0.15, 0.2) is 11.4 Å². The summed E-state index contributed by atoms with van der Waals surface area (Å²) in [6.45, 7) is 1.81. The van der Waals surface area contributed by atoms with Crippen LogP contribution >= 0.6 is 0 Å². The number of para-hydroxylation sites is 1. The van der Waals surface area contributed by atoms with Crippen LogP contribution in [0.2, 0.25) is 0 Å². The molecule has 1 aromatic heterocycles. The van der Waals surface area contributed by atoms with Crippen LogP contribution in [-0.4, -0.2) is 40.4 Å². The molecule has 30 heavy (non-hydrogen) atoms. The second-order valence-corrected chi connectivity index (χ2v) is 5.87. The summed E-state index contributed by atoms with van der Waals surface area (Å²) in [7, 11) is 1.29. The zero-order valence-corrected chi connectivity index (χ0v) is 16.1. The van der Waals surface area contributed by atoms with Gasteiger partial charge in [0.1, 0.15) is 0 Å². The smallest absolute Gasteiger partial charge is 0.358 e. The SMILES string of the molecule is CCOC(=O)c1cc(OC(=O)c2ccc(OC)c([N+](=O)[O-])c2)n(-c2ccccc2)n1. The van der Waals surface area contributed by atoms with E-state index in [1.807, 2.05) is 0 Å². The molecule has 0 N–H and O–H groups in total. The Morgan fingerprint density at radius 1 is 1.10 bits per heavy atom. The highest BCUT2D eigenvalue weighted by Gasteiger charge is 2.23. The Balaban J connectivity index is 1.97. The Morgan fingerprint density at radius 2 is 1.83 bits per heavy atom. The van der Waals surface area contributed by atoms with Crippen LogP contribution in [0.25, 0.3) is 5.69 Å². The number of aromatic nitrogens is 2. The van der Waals surface area contributed by atoms with Crippen molar-refractivity contribution >= 4 is 17.6 Å². The van der Waals surface area contributed by atoms with Gasteiger partial charge in [0.05, 0.1) is 29.9 Å². The molecule has 0 aliphatic heterocycles. The topological polar surface area (TPSA) is 123 Å². The van der Waals surface area contributed by atoms with Crippen molar-refractivity contribution in [2.75, 3.05) is 13.7 Å². The number of nitrogens with zero attached hydrogens (tertiary/aromatic N) is 3. The molecule has 0 amide bonds. The number of hydrogen-bond acceptors (Lipinski definition) is 8. The van der Waals surface area contributed by atoms with Crippen molar-refractivity contribution in [3.05, 3.63) is 76.0 Å². The molecule has 0 aliphatic rings. The summed E-state index contributed by atoms with van der Waals surface area (Å²) < 4.78 is 16.5. The maximum atomic E-state index is 12.6. The average molecular weight is 411 g/mol. The molecular formula is C20H17N3O7. The number of carbonyl (C=O) groups excluding carboxylic acids is 2.